The van der Waals surface area contributed by atoms with E-state index in [2.05, 4.69) is 4.98 Å². The number of carboxylic acid groups (broad SMARTS) is 1. The van der Waals surface area contributed by atoms with E-state index in [1.165, 1.54) is 37.5 Å². The Balaban J connectivity index is 2.53. The number of carbonyl (C=O) groups is 1. The first-order valence-corrected chi connectivity index (χ1v) is 6.47. The third kappa shape index (κ3) is 2.05. The van der Waals surface area contributed by atoms with Crippen LogP contribution < -0.4 is 5.56 Å². The third-order valence-corrected chi connectivity index (χ3v) is 3.49. The van der Waals surface area contributed by atoms with Crippen molar-refractivity contribution < 1.29 is 14.3 Å². The number of hydrogen-bond acceptors (Lipinski definition) is 3. The van der Waals surface area contributed by atoms with Crippen molar-refractivity contribution in [2.75, 3.05) is 0 Å². The minimum atomic E-state index is -1.23. The molecule has 3 aromatic rings. The molecule has 5 nitrogen and oxygen atoms in total. The first-order chi connectivity index (χ1) is 10.5. The summed E-state index contributed by atoms with van der Waals surface area (Å²) in [7, 11) is 1.38. The van der Waals surface area contributed by atoms with E-state index in [1.807, 2.05) is 0 Å². The smallest absolute Gasteiger partial charge is 0.353 e. The van der Waals surface area contributed by atoms with Crippen molar-refractivity contribution in [3.8, 4) is 11.1 Å². The number of hydrogen-bond donors (Lipinski definition) is 1. The molecule has 0 unspecified atom stereocenters. The van der Waals surface area contributed by atoms with Crippen molar-refractivity contribution in [2.45, 2.75) is 0 Å². The van der Waals surface area contributed by atoms with Crippen LogP contribution in [0.2, 0.25) is 0 Å². The predicted octanol–water partition coefficient (Wildman–Crippen LogP) is 2.44. The zero-order chi connectivity index (χ0) is 15.9. The van der Waals surface area contributed by atoms with Gasteiger partial charge in [-0.15, -0.1) is 0 Å². The molecule has 2 aromatic heterocycles. The molecule has 0 atom stereocenters. The highest BCUT2D eigenvalue weighted by molar-refractivity contribution is 6.05. The third-order valence-electron chi connectivity index (χ3n) is 3.49. The zero-order valence-electron chi connectivity index (χ0n) is 11.6. The summed E-state index contributed by atoms with van der Waals surface area (Å²) in [6.07, 6.45) is 1.47. The van der Waals surface area contributed by atoms with E-state index in [4.69, 9.17) is 0 Å². The Morgan fingerprint density at radius 3 is 2.55 bits per heavy atom. The van der Waals surface area contributed by atoms with E-state index < -0.39 is 17.3 Å². The molecule has 0 aliphatic rings. The van der Waals surface area contributed by atoms with Crippen LogP contribution in [0.25, 0.3) is 22.0 Å². The summed E-state index contributed by atoms with van der Waals surface area (Å²) in [6.45, 7) is 0. The maximum Gasteiger partial charge on any atom is 0.353 e. The molecule has 0 saturated carbocycles. The maximum absolute atomic E-state index is 13.1. The van der Waals surface area contributed by atoms with E-state index in [0.29, 0.717) is 16.5 Å². The van der Waals surface area contributed by atoms with Crippen LogP contribution in [0, 0.1) is 5.82 Å². The Hall–Kier alpha value is -3.02. The molecule has 0 spiro atoms. The van der Waals surface area contributed by atoms with Gasteiger partial charge in [-0.2, -0.15) is 0 Å². The van der Waals surface area contributed by atoms with Gasteiger partial charge in [0.15, 0.2) is 0 Å². The molecule has 0 amide bonds. The lowest BCUT2D eigenvalue weighted by Crippen LogP contribution is -2.25. The highest BCUT2D eigenvalue weighted by Crippen LogP contribution is 2.29. The lowest BCUT2D eigenvalue weighted by molar-refractivity contribution is 0.0686. The van der Waals surface area contributed by atoms with Crippen molar-refractivity contribution in [2.24, 2.45) is 7.05 Å². The van der Waals surface area contributed by atoms with Gasteiger partial charge in [0.25, 0.3) is 5.56 Å². The molecule has 22 heavy (non-hydrogen) atoms. The number of carboxylic acids is 1. The number of pyridine rings is 2. The van der Waals surface area contributed by atoms with E-state index in [0.717, 1.165) is 4.57 Å². The Bertz CT molecular complexity index is 946. The number of aromatic nitrogens is 2. The number of aromatic carboxylic acids is 1. The van der Waals surface area contributed by atoms with Crippen molar-refractivity contribution in [3.63, 3.8) is 0 Å². The Labute approximate surface area is 124 Å². The van der Waals surface area contributed by atoms with Crippen LogP contribution in [0.1, 0.15) is 10.5 Å². The largest absolute Gasteiger partial charge is 0.477 e. The van der Waals surface area contributed by atoms with Gasteiger partial charge in [0, 0.05) is 24.2 Å². The minimum Gasteiger partial charge on any atom is -0.477 e. The van der Waals surface area contributed by atoms with Crippen LogP contribution in [0.5, 0.6) is 0 Å². The van der Waals surface area contributed by atoms with Gasteiger partial charge in [-0.1, -0.05) is 18.2 Å². The molecule has 0 aliphatic heterocycles. The van der Waals surface area contributed by atoms with Gasteiger partial charge in [-0.25, -0.2) is 9.18 Å². The molecule has 110 valence electrons. The zero-order valence-corrected chi connectivity index (χ0v) is 11.6. The normalized spacial score (nSPS) is 10.8. The van der Waals surface area contributed by atoms with Crippen LogP contribution in [0.15, 0.2) is 47.4 Å². The first-order valence-electron chi connectivity index (χ1n) is 6.47. The molecule has 0 saturated heterocycles. The SMILES string of the molecule is Cn1c(C(=O)O)c(-c2ccc(F)cc2)c2cccnc2c1=O. The van der Waals surface area contributed by atoms with Crippen molar-refractivity contribution >= 4 is 16.9 Å². The van der Waals surface area contributed by atoms with Crippen molar-refractivity contribution in [3.05, 3.63) is 64.5 Å². The summed E-state index contributed by atoms with van der Waals surface area (Å²) >= 11 is 0. The van der Waals surface area contributed by atoms with Gasteiger partial charge in [0.05, 0.1) is 0 Å². The van der Waals surface area contributed by atoms with Crippen LogP contribution in [0.3, 0.4) is 0 Å². The van der Waals surface area contributed by atoms with Gasteiger partial charge < -0.3 is 9.67 Å². The summed E-state index contributed by atoms with van der Waals surface area (Å²) in [5.41, 5.74) is 0.385. The molecule has 0 aliphatic carbocycles. The van der Waals surface area contributed by atoms with E-state index in [9.17, 15) is 19.1 Å². The second-order valence-corrected chi connectivity index (χ2v) is 4.80. The standard InChI is InChI=1S/C16H11FN2O3/c1-19-14(16(21)22)12(9-4-6-10(17)7-5-9)11-3-2-8-18-13(11)15(19)20/h2-8H,1H3,(H,21,22). The predicted molar refractivity (Wildman–Crippen MR) is 79.3 cm³/mol. The fourth-order valence-electron chi connectivity index (χ4n) is 2.49. The summed E-state index contributed by atoms with van der Waals surface area (Å²) in [6, 6.07) is 8.71. The Morgan fingerprint density at radius 1 is 1.23 bits per heavy atom. The van der Waals surface area contributed by atoms with E-state index in [1.54, 1.807) is 12.1 Å². The molecular formula is C16H11FN2O3. The summed E-state index contributed by atoms with van der Waals surface area (Å²) < 4.78 is 14.2. The lowest BCUT2D eigenvalue weighted by atomic mass is 9.98. The first kappa shape index (κ1) is 13.9. The molecule has 0 fully saturated rings. The summed E-state index contributed by atoms with van der Waals surface area (Å²) in [5, 5.41) is 9.92. The average Bonchev–Trinajstić information content (AvgIpc) is 2.51. The topological polar surface area (TPSA) is 72.2 Å². The number of halogens is 1. The number of nitrogens with zero attached hydrogens (tertiary/aromatic N) is 2. The van der Waals surface area contributed by atoms with Gasteiger partial charge in [-0.3, -0.25) is 9.78 Å². The van der Waals surface area contributed by atoms with Gasteiger partial charge in [-0.05, 0) is 23.8 Å². The quantitative estimate of drug-likeness (QED) is 0.788. The lowest BCUT2D eigenvalue weighted by Gasteiger charge is -2.14. The molecule has 0 radical (unpaired) electrons. The monoisotopic (exact) mass is 298 g/mol. The van der Waals surface area contributed by atoms with Crippen LogP contribution in [0.4, 0.5) is 4.39 Å². The summed E-state index contributed by atoms with van der Waals surface area (Å²) in [5.74, 6) is -1.66. The Kier molecular flexibility index (Phi) is 3.21. The molecule has 1 N–H and O–H groups in total. The van der Waals surface area contributed by atoms with Crippen LogP contribution >= 0.6 is 0 Å². The van der Waals surface area contributed by atoms with E-state index >= 15 is 0 Å². The molecule has 3 rings (SSSR count). The van der Waals surface area contributed by atoms with Gasteiger partial charge >= 0.3 is 5.97 Å². The number of benzene rings is 1. The molecule has 0 bridgehead atoms. The molecule has 2 heterocycles. The molecule has 1 aromatic carbocycles. The number of fused-ring (bicyclic) bond motifs is 1. The fourth-order valence-corrected chi connectivity index (χ4v) is 2.49. The number of rotatable bonds is 2. The minimum absolute atomic E-state index is 0.155. The van der Waals surface area contributed by atoms with Gasteiger partial charge in [0.2, 0.25) is 0 Å². The van der Waals surface area contributed by atoms with Gasteiger partial charge in [0.1, 0.15) is 17.0 Å². The second kappa shape index (κ2) is 5.07. The maximum atomic E-state index is 13.1. The van der Waals surface area contributed by atoms with Crippen molar-refractivity contribution in [1.82, 2.24) is 9.55 Å². The average molecular weight is 298 g/mol. The highest BCUT2D eigenvalue weighted by Gasteiger charge is 2.21. The van der Waals surface area contributed by atoms with Crippen LogP contribution in [-0.2, 0) is 7.05 Å². The summed E-state index contributed by atoms with van der Waals surface area (Å²) in [4.78, 5) is 27.9. The fraction of sp³-hybridized carbons (Fsp3) is 0.0625. The van der Waals surface area contributed by atoms with Crippen molar-refractivity contribution in [1.29, 1.82) is 0 Å². The Morgan fingerprint density at radius 2 is 1.91 bits per heavy atom. The highest BCUT2D eigenvalue weighted by atomic mass is 19.1. The second-order valence-electron chi connectivity index (χ2n) is 4.80. The molecule has 6 heteroatoms. The van der Waals surface area contributed by atoms with E-state index in [-0.39, 0.29) is 11.2 Å². The molecular weight excluding hydrogens is 287 g/mol. The van der Waals surface area contributed by atoms with Crippen LogP contribution in [-0.4, -0.2) is 20.6 Å².